The first-order valence-corrected chi connectivity index (χ1v) is 11.7. The van der Waals surface area contributed by atoms with E-state index in [0.29, 0.717) is 23.9 Å². The number of para-hydroxylation sites is 1. The molecule has 2 aromatic heterocycles. The lowest BCUT2D eigenvalue weighted by atomic mass is 10.3. The highest BCUT2D eigenvalue weighted by Gasteiger charge is 2.17. The van der Waals surface area contributed by atoms with Gasteiger partial charge in [-0.05, 0) is 46.1 Å². The number of carbonyl (C=O) groups is 1. The molecule has 0 aliphatic heterocycles. The average molecular weight is 458 g/mol. The summed E-state index contributed by atoms with van der Waals surface area (Å²) in [7, 11) is 3.96. The molecule has 9 heteroatoms. The number of thioether (sulfide) groups is 1. The molecule has 7 nitrogen and oxygen atoms in total. The third-order valence-corrected chi connectivity index (χ3v) is 6.12. The second kappa shape index (κ2) is 11.1. The van der Waals surface area contributed by atoms with Crippen LogP contribution in [0, 0.1) is 6.92 Å². The van der Waals surface area contributed by atoms with Gasteiger partial charge in [0, 0.05) is 29.6 Å². The number of nitrogens with zero attached hydrogens (tertiary/aromatic N) is 3. The quantitative estimate of drug-likeness (QED) is 0.433. The number of nitrogens with one attached hydrogen (secondary N) is 2. The molecule has 3 rings (SSSR count). The van der Waals surface area contributed by atoms with E-state index >= 15 is 0 Å². The van der Waals surface area contributed by atoms with E-state index in [1.165, 1.54) is 23.1 Å². The van der Waals surface area contributed by atoms with Gasteiger partial charge in [-0.15, -0.1) is 23.1 Å². The first kappa shape index (κ1) is 23.1. The summed E-state index contributed by atoms with van der Waals surface area (Å²) in [4.78, 5) is 24.3. The largest absolute Gasteiger partial charge is 0.453 e. The lowest BCUT2D eigenvalue weighted by Gasteiger charge is -2.16. The number of hydrogen-bond acceptors (Lipinski definition) is 8. The van der Waals surface area contributed by atoms with Crippen LogP contribution < -0.4 is 15.4 Å². The van der Waals surface area contributed by atoms with Crippen LogP contribution >= 0.6 is 23.1 Å². The van der Waals surface area contributed by atoms with Crippen molar-refractivity contribution in [2.75, 3.05) is 32.5 Å². The van der Waals surface area contributed by atoms with E-state index in [9.17, 15) is 4.79 Å². The first-order valence-electron chi connectivity index (χ1n) is 9.92. The van der Waals surface area contributed by atoms with Gasteiger partial charge >= 0.3 is 0 Å². The number of aromatic nitrogens is 2. The zero-order valence-electron chi connectivity index (χ0n) is 18.1. The molecule has 0 aliphatic rings. The minimum Gasteiger partial charge on any atom is -0.453 e. The van der Waals surface area contributed by atoms with Crippen molar-refractivity contribution < 1.29 is 9.53 Å². The maximum atomic E-state index is 12.4. The number of pyridine rings is 1. The molecular formula is C22H27N5O2S2. The molecule has 1 atom stereocenters. The van der Waals surface area contributed by atoms with Gasteiger partial charge in [-0.2, -0.15) is 0 Å². The summed E-state index contributed by atoms with van der Waals surface area (Å²) in [6.45, 7) is 5.25. The monoisotopic (exact) mass is 457 g/mol. The van der Waals surface area contributed by atoms with Gasteiger partial charge in [-0.3, -0.25) is 4.79 Å². The molecule has 1 aromatic carbocycles. The predicted octanol–water partition coefficient (Wildman–Crippen LogP) is 4.54. The number of hydrogen-bond donors (Lipinski definition) is 2. The SMILES string of the molecule is Cc1csc(Nc2ncc(SC(C)C(=O)NCCN(C)C)cc2Oc2ccccc2)n1. The Kier molecular flexibility index (Phi) is 8.27. The Morgan fingerprint density at radius 3 is 2.74 bits per heavy atom. The Morgan fingerprint density at radius 1 is 1.29 bits per heavy atom. The molecule has 164 valence electrons. The maximum Gasteiger partial charge on any atom is 0.233 e. The normalized spacial score (nSPS) is 11.9. The van der Waals surface area contributed by atoms with Gasteiger partial charge < -0.3 is 20.3 Å². The van der Waals surface area contributed by atoms with Crippen molar-refractivity contribution >= 4 is 40.0 Å². The highest BCUT2D eigenvalue weighted by molar-refractivity contribution is 8.00. The fourth-order valence-corrected chi connectivity index (χ4v) is 4.17. The minimum atomic E-state index is -0.256. The average Bonchev–Trinajstić information content (AvgIpc) is 3.15. The molecule has 0 aliphatic carbocycles. The molecule has 3 aromatic rings. The highest BCUT2D eigenvalue weighted by atomic mass is 32.2. The maximum absolute atomic E-state index is 12.4. The van der Waals surface area contributed by atoms with Crippen LogP contribution in [0.4, 0.5) is 10.9 Å². The molecule has 0 radical (unpaired) electrons. The Morgan fingerprint density at radius 2 is 2.06 bits per heavy atom. The predicted molar refractivity (Wildman–Crippen MR) is 128 cm³/mol. The van der Waals surface area contributed by atoms with E-state index in [1.54, 1.807) is 6.20 Å². The van der Waals surface area contributed by atoms with E-state index in [1.807, 2.05) is 74.6 Å². The number of amides is 1. The molecule has 2 heterocycles. The van der Waals surface area contributed by atoms with Crippen LogP contribution in [0.1, 0.15) is 12.6 Å². The summed E-state index contributed by atoms with van der Waals surface area (Å²) in [5, 5.41) is 8.66. The number of likely N-dealkylation sites (N-methyl/N-ethyl adjacent to an activating group) is 1. The number of carbonyl (C=O) groups excluding carboxylic acids is 1. The van der Waals surface area contributed by atoms with Crippen molar-refractivity contribution in [2.24, 2.45) is 0 Å². The highest BCUT2D eigenvalue weighted by Crippen LogP contribution is 2.35. The Bertz CT molecular complexity index is 995. The van der Waals surface area contributed by atoms with Crippen molar-refractivity contribution in [3.8, 4) is 11.5 Å². The fraction of sp³-hybridized carbons (Fsp3) is 0.318. The van der Waals surface area contributed by atoms with Gasteiger partial charge in [-0.1, -0.05) is 18.2 Å². The van der Waals surface area contributed by atoms with Crippen LogP contribution in [0.5, 0.6) is 11.5 Å². The molecule has 0 saturated heterocycles. The lowest BCUT2D eigenvalue weighted by Crippen LogP contribution is -2.35. The molecule has 1 unspecified atom stereocenters. The summed E-state index contributed by atoms with van der Waals surface area (Å²) >= 11 is 2.95. The van der Waals surface area contributed by atoms with E-state index in [-0.39, 0.29) is 11.2 Å². The van der Waals surface area contributed by atoms with Crippen LogP contribution in [0.25, 0.3) is 0 Å². The van der Waals surface area contributed by atoms with Gasteiger partial charge in [0.05, 0.1) is 10.9 Å². The van der Waals surface area contributed by atoms with Crippen LogP contribution in [-0.2, 0) is 4.79 Å². The molecule has 31 heavy (non-hydrogen) atoms. The number of rotatable bonds is 10. The Balaban J connectivity index is 1.75. The van der Waals surface area contributed by atoms with E-state index < -0.39 is 0 Å². The molecule has 0 spiro atoms. The molecule has 0 fully saturated rings. The van der Waals surface area contributed by atoms with Gasteiger partial charge in [0.2, 0.25) is 5.91 Å². The zero-order chi connectivity index (χ0) is 22.2. The van der Waals surface area contributed by atoms with Gasteiger partial charge in [0.25, 0.3) is 0 Å². The molecule has 0 saturated carbocycles. The first-order chi connectivity index (χ1) is 14.9. The minimum absolute atomic E-state index is 0.00200. The lowest BCUT2D eigenvalue weighted by molar-refractivity contribution is -0.120. The fourth-order valence-electron chi connectivity index (χ4n) is 2.60. The smallest absolute Gasteiger partial charge is 0.233 e. The van der Waals surface area contributed by atoms with E-state index in [0.717, 1.165) is 22.3 Å². The third kappa shape index (κ3) is 7.23. The molecule has 1 amide bonds. The number of thiazole rings is 1. The summed E-state index contributed by atoms with van der Waals surface area (Å²) in [6, 6.07) is 11.4. The van der Waals surface area contributed by atoms with Crippen LogP contribution in [-0.4, -0.2) is 53.2 Å². The van der Waals surface area contributed by atoms with Gasteiger partial charge in [0.15, 0.2) is 16.7 Å². The number of ether oxygens (including phenoxy) is 1. The summed E-state index contributed by atoms with van der Waals surface area (Å²) in [6.07, 6.45) is 1.74. The van der Waals surface area contributed by atoms with Crippen molar-refractivity contribution in [1.29, 1.82) is 0 Å². The van der Waals surface area contributed by atoms with Crippen LogP contribution in [0.3, 0.4) is 0 Å². The second-order valence-corrected chi connectivity index (χ2v) is 9.48. The van der Waals surface area contributed by atoms with Crippen LogP contribution in [0.2, 0.25) is 0 Å². The summed E-state index contributed by atoms with van der Waals surface area (Å²) < 4.78 is 6.09. The third-order valence-electron chi connectivity index (χ3n) is 4.18. The summed E-state index contributed by atoms with van der Waals surface area (Å²) in [5.74, 6) is 1.85. The standard InChI is InChI=1S/C22H27N5O2S2/c1-15-14-30-22(25-15)26-20-19(29-17-8-6-5-7-9-17)12-18(13-24-20)31-16(2)21(28)23-10-11-27(3)4/h5-9,12-14,16H,10-11H2,1-4H3,(H,23,28)(H,24,25,26). The second-order valence-electron chi connectivity index (χ2n) is 7.21. The number of anilines is 2. The molecule has 0 bridgehead atoms. The zero-order valence-corrected chi connectivity index (χ0v) is 19.7. The number of aryl methyl sites for hydroxylation is 1. The van der Waals surface area contributed by atoms with Crippen molar-refractivity contribution in [3.63, 3.8) is 0 Å². The Hall–Kier alpha value is -2.62. The Labute approximate surface area is 191 Å². The topological polar surface area (TPSA) is 79.4 Å². The van der Waals surface area contributed by atoms with Crippen molar-refractivity contribution in [1.82, 2.24) is 20.2 Å². The van der Waals surface area contributed by atoms with E-state index in [2.05, 4.69) is 20.6 Å². The van der Waals surface area contributed by atoms with E-state index in [4.69, 9.17) is 4.74 Å². The van der Waals surface area contributed by atoms with Crippen molar-refractivity contribution in [2.45, 2.75) is 24.0 Å². The summed E-state index contributed by atoms with van der Waals surface area (Å²) in [5.41, 5.74) is 0.944. The van der Waals surface area contributed by atoms with Gasteiger partial charge in [0.1, 0.15) is 5.75 Å². The van der Waals surface area contributed by atoms with Crippen molar-refractivity contribution in [3.05, 3.63) is 53.7 Å². The van der Waals surface area contributed by atoms with Gasteiger partial charge in [-0.25, -0.2) is 9.97 Å². The number of benzene rings is 1. The van der Waals surface area contributed by atoms with Crippen LogP contribution in [0.15, 0.2) is 52.9 Å². The molecule has 2 N–H and O–H groups in total. The molecular weight excluding hydrogens is 430 g/mol.